The Labute approximate surface area is 198 Å². The number of aliphatic hydroxyl groups excluding tert-OH is 1. The quantitative estimate of drug-likeness (QED) is 0.664. The maximum absolute atomic E-state index is 13.6. The molecule has 180 valence electrons. The molecule has 1 N–H and O–H groups in total. The van der Waals surface area contributed by atoms with Crippen molar-refractivity contribution >= 4 is 10.0 Å². The van der Waals surface area contributed by atoms with Gasteiger partial charge in [-0.05, 0) is 68.5 Å². The zero-order chi connectivity index (χ0) is 23.8. The van der Waals surface area contributed by atoms with E-state index in [0.29, 0.717) is 12.3 Å². The van der Waals surface area contributed by atoms with Crippen molar-refractivity contribution in [1.29, 1.82) is 0 Å². The molecule has 6 nitrogen and oxygen atoms in total. The van der Waals surface area contributed by atoms with Crippen LogP contribution in [0.5, 0.6) is 5.75 Å². The summed E-state index contributed by atoms with van der Waals surface area (Å²) < 4.78 is 35.2. The molecule has 0 saturated heterocycles. The second kappa shape index (κ2) is 9.74. The second-order valence-electron chi connectivity index (χ2n) is 9.88. The Balaban J connectivity index is 1.76. The fourth-order valence-corrected chi connectivity index (χ4v) is 6.46. The van der Waals surface area contributed by atoms with Gasteiger partial charge in [0.15, 0.2) is 0 Å². The molecule has 1 heterocycles. The highest BCUT2D eigenvalue weighted by atomic mass is 32.2. The van der Waals surface area contributed by atoms with Crippen LogP contribution in [-0.2, 0) is 10.0 Å². The van der Waals surface area contributed by atoms with E-state index in [1.165, 1.54) is 17.1 Å². The molecule has 0 unspecified atom stereocenters. The number of hydrogen-bond acceptors (Lipinski definition) is 5. The Morgan fingerprint density at radius 3 is 2.58 bits per heavy atom. The van der Waals surface area contributed by atoms with Gasteiger partial charge >= 0.3 is 0 Å². The average Bonchev–Trinajstić information content (AvgIpc) is 3.59. The van der Waals surface area contributed by atoms with E-state index in [0.717, 1.165) is 35.7 Å². The predicted molar refractivity (Wildman–Crippen MR) is 131 cm³/mol. The van der Waals surface area contributed by atoms with Crippen molar-refractivity contribution in [3.05, 3.63) is 48.0 Å². The molecular formula is C26H36N2O4S. The Hall–Kier alpha value is -1.93. The van der Waals surface area contributed by atoms with Gasteiger partial charge in [0, 0.05) is 31.6 Å². The third-order valence-corrected chi connectivity index (χ3v) is 8.90. The van der Waals surface area contributed by atoms with Crippen LogP contribution in [-0.4, -0.2) is 68.2 Å². The van der Waals surface area contributed by atoms with Crippen LogP contribution >= 0.6 is 0 Å². The largest absolute Gasteiger partial charge is 0.487 e. The summed E-state index contributed by atoms with van der Waals surface area (Å²) in [5.41, 5.74) is 3.11. The molecule has 33 heavy (non-hydrogen) atoms. The monoisotopic (exact) mass is 472 g/mol. The molecule has 2 aliphatic rings. The highest BCUT2D eigenvalue weighted by Crippen LogP contribution is 2.37. The van der Waals surface area contributed by atoms with Crippen LogP contribution in [0.2, 0.25) is 0 Å². The molecule has 0 aromatic heterocycles. The lowest BCUT2D eigenvalue weighted by Gasteiger charge is -2.37. The summed E-state index contributed by atoms with van der Waals surface area (Å²) in [5, 5.41) is 9.81. The third-order valence-electron chi connectivity index (χ3n) is 6.88. The lowest BCUT2D eigenvalue weighted by molar-refractivity contribution is 0.0741. The summed E-state index contributed by atoms with van der Waals surface area (Å²) in [6.07, 6.45) is 2.41. The minimum Gasteiger partial charge on any atom is -0.487 e. The van der Waals surface area contributed by atoms with E-state index in [2.05, 4.69) is 11.9 Å². The van der Waals surface area contributed by atoms with Crippen molar-refractivity contribution < 1.29 is 18.3 Å². The molecule has 1 fully saturated rings. The van der Waals surface area contributed by atoms with Crippen LogP contribution in [0.4, 0.5) is 0 Å². The maximum Gasteiger partial charge on any atom is 0.247 e. The average molecular weight is 473 g/mol. The maximum atomic E-state index is 13.6. The van der Waals surface area contributed by atoms with E-state index in [-0.39, 0.29) is 23.5 Å². The summed E-state index contributed by atoms with van der Waals surface area (Å²) in [6, 6.07) is 12.9. The van der Waals surface area contributed by atoms with Crippen LogP contribution < -0.4 is 4.74 Å². The summed E-state index contributed by atoms with van der Waals surface area (Å²) in [5.74, 6) is 1.12. The van der Waals surface area contributed by atoms with Crippen LogP contribution in [0, 0.1) is 18.8 Å². The number of aliphatic hydroxyl groups is 1. The normalized spacial score (nSPS) is 23.9. The van der Waals surface area contributed by atoms with Gasteiger partial charge in [-0.15, -0.1) is 0 Å². The molecule has 1 saturated carbocycles. The van der Waals surface area contributed by atoms with Crippen molar-refractivity contribution in [2.45, 2.75) is 50.7 Å². The predicted octanol–water partition coefficient (Wildman–Crippen LogP) is 3.77. The van der Waals surface area contributed by atoms with E-state index in [9.17, 15) is 13.5 Å². The number of fused-ring (bicyclic) bond motifs is 1. The molecule has 4 rings (SSSR count). The van der Waals surface area contributed by atoms with E-state index in [4.69, 9.17) is 4.74 Å². The third kappa shape index (κ3) is 5.27. The fraction of sp³-hybridized carbons (Fsp3) is 0.538. The lowest BCUT2D eigenvalue weighted by atomic mass is 10.00. The van der Waals surface area contributed by atoms with Gasteiger partial charge in [0.1, 0.15) is 16.7 Å². The summed E-state index contributed by atoms with van der Waals surface area (Å²) in [6.45, 7) is 7.69. The van der Waals surface area contributed by atoms with Gasteiger partial charge in [-0.2, -0.15) is 4.31 Å². The minimum atomic E-state index is -3.82. The highest BCUT2D eigenvalue weighted by molar-refractivity contribution is 7.89. The van der Waals surface area contributed by atoms with Crippen LogP contribution in [0.15, 0.2) is 47.4 Å². The second-order valence-corrected chi connectivity index (χ2v) is 11.7. The van der Waals surface area contributed by atoms with Gasteiger partial charge in [0.2, 0.25) is 10.0 Å². The first-order valence-electron chi connectivity index (χ1n) is 11.9. The van der Waals surface area contributed by atoms with E-state index in [1.807, 2.05) is 50.2 Å². The van der Waals surface area contributed by atoms with Gasteiger partial charge < -0.3 is 14.7 Å². The number of hydrogen-bond donors (Lipinski definition) is 1. The summed E-state index contributed by atoms with van der Waals surface area (Å²) in [4.78, 5) is 2.47. The molecule has 2 aromatic rings. The van der Waals surface area contributed by atoms with Gasteiger partial charge in [-0.1, -0.05) is 37.3 Å². The number of aryl methyl sites for hydroxylation is 1. The first-order chi connectivity index (χ1) is 15.7. The van der Waals surface area contributed by atoms with Crippen LogP contribution in [0.25, 0.3) is 11.1 Å². The first kappa shape index (κ1) is 24.2. The van der Waals surface area contributed by atoms with Crippen molar-refractivity contribution in [1.82, 2.24) is 9.21 Å². The summed E-state index contributed by atoms with van der Waals surface area (Å²) >= 11 is 0. The number of nitrogens with zero attached hydrogens (tertiary/aromatic N) is 2. The number of ether oxygens (including phenoxy) is 1. The molecule has 0 spiro atoms. The van der Waals surface area contributed by atoms with Crippen molar-refractivity contribution in [2.75, 3.05) is 33.3 Å². The van der Waals surface area contributed by atoms with Gasteiger partial charge in [-0.3, -0.25) is 0 Å². The molecule has 1 aliphatic carbocycles. The SMILES string of the molecule is Cc1ccccc1-c1ccc2c(c1)O[C@H](CN(C)CC1CC1)[C@H](C)CN([C@@H](C)CO)S2(=O)=O. The lowest BCUT2D eigenvalue weighted by Crippen LogP contribution is -2.49. The summed E-state index contributed by atoms with van der Waals surface area (Å²) in [7, 11) is -1.71. The first-order valence-corrected chi connectivity index (χ1v) is 13.3. The standard InChI is InChI=1S/C26H36N2O4S/c1-18-7-5-6-8-23(18)22-11-12-26-24(13-22)32-25(16-27(4)15-21-9-10-21)19(2)14-28(20(3)17-29)33(26,30)31/h5-8,11-13,19-21,25,29H,9-10,14-17H2,1-4H3/t19-,20+,25-/m1/s1. The number of benzene rings is 2. The molecule has 0 radical (unpaired) electrons. The van der Waals surface area contributed by atoms with Gasteiger partial charge in [0.25, 0.3) is 0 Å². The molecule has 7 heteroatoms. The molecule has 0 bridgehead atoms. The van der Waals surface area contributed by atoms with Crippen molar-refractivity contribution in [3.8, 4) is 16.9 Å². The highest BCUT2D eigenvalue weighted by Gasteiger charge is 2.38. The molecular weight excluding hydrogens is 436 g/mol. The topological polar surface area (TPSA) is 70.1 Å². The Morgan fingerprint density at radius 2 is 1.91 bits per heavy atom. The number of rotatable bonds is 7. The van der Waals surface area contributed by atoms with Crippen molar-refractivity contribution in [2.24, 2.45) is 11.8 Å². The van der Waals surface area contributed by atoms with Crippen LogP contribution in [0.3, 0.4) is 0 Å². The van der Waals surface area contributed by atoms with E-state index in [1.54, 1.807) is 13.0 Å². The van der Waals surface area contributed by atoms with Gasteiger partial charge in [-0.25, -0.2) is 8.42 Å². The zero-order valence-electron chi connectivity index (χ0n) is 20.1. The smallest absolute Gasteiger partial charge is 0.247 e. The Kier molecular flexibility index (Phi) is 7.15. The van der Waals surface area contributed by atoms with Crippen LogP contribution in [0.1, 0.15) is 32.3 Å². The van der Waals surface area contributed by atoms with Gasteiger partial charge in [0.05, 0.1) is 6.61 Å². The molecule has 3 atom stereocenters. The van der Waals surface area contributed by atoms with Crippen molar-refractivity contribution in [3.63, 3.8) is 0 Å². The molecule has 1 aliphatic heterocycles. The molecule has 2 aromatic carbocycles. The number of likely N-dealkylation sites (N-methyl/N-ethyl adjacent to an activating group) is 1. The number of sulfonamides is 1. The van der Waals surface area contributed by atoms with E-state index >= 15 is 0 Å². The van der Waals surface area contributed by atoms with E-state index < -0.39 is 16.1 Å². The minimum absolute atomic E-state index is 0.0364. The Bertz CT molecular complexity index is 1080. The zero-order valence-corrected chi connectivity index (χ0v) is 20.9. The molecule has 0 amide bonds. The fourth-order valence-electron chi connectivity index (χ4n) is 4.63. The Morgan fingerprint density at radius 1 is 1.18 bits per heavy atom.